The standard InChI is InChI=1S/C22H22N2OS/c1-16-20(26-21(23-16)19-10-6-3-7-11-19)22(25)24-14-12-18(13-15-24)17-8-4-2-5-9-17/h2-11,18H,12-15H2,1H3. The summed E-state index contributed by atoms with van der Waals surface area (Å²) < 4.78 is 0. The number of rotatable bonds is 3. The van der Waals surface area contributed by atoms with Gasteiger partial charge in [0.05, 0.1) is 5.69 Å². The van der Waals surface area contributed by atoms with Gasteiger partial charge in [-0.1, -0.05) is 60.7 Å². The highest BCUT2D eigenvalue weighted by atomic mass is 32.1. The van der Waals surface area contributed by atoms with Crippen molar-refractivity contribution in [2.45, 2.75) is 25.7 Å². The van der Waals surface area contributed by atoms with Crippen molar-refractivity contribution in [1.82, 2.24) is 9.88 Å². The van der Waals surface area contributed by atoms with Crippen LogP contribution in [-0.2, 0) is 0 Å². The SMILES string of the molecule is Cc1nc(-c2ccccc2)sc1C(=O)N1CCC(c2ccccc2)CC1. The third kappa shape index (κ3) is 3.42. The topological polar surface area (TPSA) is 33.2 Å². The Kier molecular flexibility index (Phi) is 4.85. The summed E-state index contributed by atoms with van der Waals surface area (Å²) in [6.45, 7) is 3.57. The van der Waals surface area contributed by atoms with Gasteiger partial charge in [0, 0.05) is 18.7 Å². The molecule has 2 heterocycles. The molecule has 1 aliphatic heterocycles. The van der Waals surface area contributed by atoms with E-state index in [-0.39, 0.29) is 5.91 Å². The van der Waals surface area contributed by atoms with Crippen molar-refractivity contribution in [3.05, 3.63) is 76.8 Å². The van der Waals surface area contributed by atoms with Crippen molar-refractivity contribution in [1.29, 1.82) is 0 Å². The molecule has 4 heteroatoms. The molecule has 1 aliphatic rings. The molecule has 3 nitrogen and oxygen atoms in total. The zero-order chi connectivity index (χ0) is 17.9. The van der Waals surface area contributed by atoms with Crippen LogP contribution in [0.25, 0.3) is 10.6 Å². The smallest absolute Gasteiger partial charge is 0.265 e. The van der Waals surface area contributed by atoms with Crippen LogP contribution in [0, 0.1) is 6.92 Å². The molecule has 1 saturated heterocycles. The molecule has 0 saturated carbocycles. The molecule has 0 N–H and O–H groups in total. The van der Waals surface area contributed by atoms with E-state index in [1.54, 1.807) is 0 Å². The van der Waals surface area contributed by atoms with Crippen LogP contribution >= 0.6 is 11.3 Å². The molecule has 1 aromatic heterocycles. The molecule has 0 spiro atoms. The van der Waals surface area contributed by atoms with Gasteiger partial charge in [0.1, 0.15) is 9.88 Å². The van der Waals surface area contributed by atoms with E-state index < -0.39 is 0 Å². The van der Waals surface area contributed by atoms with E-state index >= 15 is 0 Å². The first-order chi connectivity index (χ1) is 12.7. The molecule has 0 aliphatic carbocycles. The average Bonchev–Trinajstić information content (AvgIpc) is 3.10. The zero-order valence-corrected chi connectivity index (χ0v) is 15.7. The number of piperidine rings is 1. The minimum absolute atomic E-state index is 0.133. The van der Waals surface area contributed by atoms with E-state index in [0.717, 1.165) is 47.1 Å². The molecule has 2 aromatic carbocycles. The summed E-state index contributed by atoms with van der Waals surface area (Å²) in [5, 5.41) is 0.922. The third-order valence-electron chi connectivity index (χ3n) is 5.06. The van der Waals surface area contributed by atoms with Crippen molar-refractivity contribution >= 4 is 17.2 Å². The maximum absolute atomic E-state index is 13.0. The Morgan fingerprint density at radius 3 is 2.27 bits per heavy atom. The van der Waals surface area contributed by atoms with Gasteiger partial charge in [0.25, 0.3) is 5.91 Å². The summed E-state index contributed by atoms with van der Waals surface area (Å²) >= 11 is 1.51. The first kappa shape index (κ1) is 17.0. The quantitative estimate of drug-likeness (QED) is 0.646. The Hall–Kier alpha value is -2.46. The van der Waals surface area contributed by atoms with E-state index in [0.29, 0.717) is 5.92 Å². The summed E-state index contributed by atoms with van der Waals surface area (Å²) in [5.41, 5.74) is 3.30. The summed E-state index contributed by atoms with van der Waals surface area (Å²) in [4.78, 5) is 20.4. The Balaban J connectivity index is 1.47. The number of aromatic nitrogens is 1. The highest BCUT2D eigenvalue weighted by Gasteiger charge is 2.27. The Morgan fingerprint density at radius 2 is 1.62 bits per heavy atom. The predicted octanol–water partition coefficient (Wildman–Crippen LogP) is 5.14. The maximum Gasteiger partial charge on any atom is 0.265 e. The Morgan fingerprint density at radius 1 is 1.00 bits per heavy atom. The fraction of sp³-hybridized carbons (Fsp3) is 0.273. The number of hydrogen-bond donors (Lipinski definition) is 0. The normalized spacial score (nSPS) is 15.2. The van der Waals surface area contributed by atoms with Gasteiger partial charge in [-0.3, -0.25) is 4.79 Å². The Labute approximate surface area is 158 Å². The lowest BCUT2D eigenvalue weighted by atomic mass is 9.89. The van der Waals surface area contributed by atoms with Crippen LogP contribution in [0.15, 0.2) is 60.7 Å². The number of nitrogens with zero attached hydrogens (tertiary/aromatic N) is 2. The third-order valence-corrected chi connectivity index (χ3v) is 6.26. The summed E-state index contributed by atoms with van der Waals surface area (Å²) in [6.07, 6.45) is 2.05. The van der Waals surface area contributed by atoms with Crippen LogP contribution in [0.2, 0.25) is 0 Å². The van der Waals surface area contributed by atoms with Crippen LogP contribution in [0.5, 0.6) is 0 Å². The van der Waals surface area contributed by atoms with Gasteiger partial charge in [-0.25, -0.2) is 4.98 Å². The molecule has 3 aromatic rings. The van der Waals surface area contributed by atoms with Gasteiger partial charge in [-0.05, 0) is 31.2 Å². The first-order valence-corrected chi connectivity index (χ1v) is 9.91. The highest BCUT2D eigenvalue weighted by molar-refractivity contribution is 7.17. The van der Waals surface area contributed by atoms with Gasteiger partial charge in [-0.2, -0.15) is 0 Å². The van der Waals surface area contributed by atoms with Gasteiger partial charge >= 0.3 is 0 Å². The van der Waals surface area contributed by atoms with E-state index in [9.17, 15) is 4.79 Å². The van der Waals surface area contributed by atoms with Crippen molar-refractivity contribution in [2.24, 2.45) is 0 Å². The molecule has 0 bridgehead atoms. The molecular formula is C22H22N2OS. The van der Waals surface area contributed by atoms with Gasteiger partial charge in [0.15, 0.2) is 0 Å². The molecule has 26 heavy (non-hydrogen) atoms. The molecule has 4 rings (SSSR count). The van der Waals surface area contributed by atoms with Crippen molar-refractivity contribution in [2.75, 3.05) is 13.1 Å². The van der Waals surface area contributed by atoms with E-state index in [4.69, 9.17) is 0 Å². The van der Waals surface area contributed by atoms with E-state index in [1.165, 1.54) is 16.9 Å². The van der Waals surface area contributed by atoms with Gasteiger partial charge in [-0.15, -0.1) is 11.3 Å². The lowest BCUT2D eigenvalue weighted by Gasteiger charge is -2.32. The molecule has 0 atom stereocenters. The van der Waals surface area contributed by atoms with Crippen molar-refractivity contribution < 1.29 is 4.79 Å². The van der Waals surface area contributed by atoms with Crippen molar-refractivity contribution in [3.8, 4) is 10.6 Å². The van der Waals surface area contributed by atoms with Crippen LogP contribution in [0.3, 0.4) is 0 Å². The van der Waals surface area contributed by atoms with E-state index in [2.05, 4.69) is 35.3 Å². The number of thiazole rings is 1. The Bertz CT molecular complexity index is 881. The maximum atomic E-state index is 13.0. The second-order valence-corrected chi connectivity index (χ2v) is 7.78. The van der Waals surface area contributed by atoms with Gasteiger partial charge in [0.2, 0.25) is 0 Å². The second-order valence-electron chi connectivity index (χ2n) is 6.78. The number of carbonyl (C=O) groups excluding carboxylic acids is 1. The monoisotopic (exact) mass is 362 g/mol. The van der Waals surface area contributed by atoms with Crippen LogP contribution in [-0.4, -0.2) is 28.9 Å². The molecule has 0 radical (unpaired) electrons. The summed E-state index contributed by atoms with van der Waals surface area (Å²) in [7, 11) is 0. The van der Waals surface area contributed by atoms with Gasteiger partial charge < -0.3 is 4.90 Å². The molecular weight excluding hydrogens is 340 g/mol. The fourth-order valence-electron chi connectivity index (χ4n) is 3.58. The lowest BCUT2D eigenvalue weighted by molar-refractivity contribution is 0.0717. The second kappa shape index (κ2) is 7.42. The zero-order valence-electron chi connectivity index (χ0n) is 14.9. The first-order valence-electron chi connectivity index (χ1n) is 9.09. The van der Waals surface area contributed by atoms with Crippen LogP contribution in [0.1, 0.15) is 39.7 Å². The fourth-order valence-corrected chi connectivity index (χ4v) is 4.62. The predicted molar refractivity (Wildman–Crippen MR) is 107 cm³/mol. The largest absolute Gasteiger partial charge is 0.338 e. The van der Waals surface area contributed by atoms with Crippen LogP contribution in [0.4, 0.5) is 0 Å². The average molecular weight is 362 g/mol. The molecule has 1 amide bonds. The molecule has 132 valence electrons. The number of likely N-dealkylation sites (tertiary alicyclic amines) is 1. The minimum atomic E-state index is 0.133. The minimum Gasteiger partial charge on any atom is -0.338 e. The highest BCUT2D eigenvalue weighted by Crippen LogP contribution is 2.32. The molecule has 1 fully saturated rings. The molecule has 0 unspecified atom stereocenters. The summed E-state index contributed by atoms with van der Waals surface area (Å²) in [5.74, 6) is 0.691. The van der Waals surface area contributed by atoms with E-state index in [1.807, 2.05) is 42.2 Å². The lowest BCUT2D eigenvalue weighted by Crippen LogP contribution is -2.37. The van der Waals surface area contributed by atoms with Crippen LogP contribution < -0.4 is 0 Å². The number of hydrogen-bond acceptors (Lipinski definition) is 3. The number of aryl methyl sites for hydroxylation is 1. The number of amides is 1. The number of carbonyl (C=O) groups is 1. The van der Waals surface area contributed by atoms with Crippen molar-refractivity contribution in [3.63, 3.8) is 0 Å². The number of benzene rings is 2. The summed E-state index contributed by atoms with van der Waals surface area (Å²) in [6, 6.07) is 20.7.